The topological polar surface area (TPSA) is 86.5 Å². The minimum absolute atomic E-state index is 0.0846. The van der Waals surface area contributed by atoms with Gasteiger partial charge in [0.25, 0.3) is 0 Å². The Labute approximate surface area is 218 Å². The number of halogens is 1. The molecule has 3 aromatic carbocycles. The third-order valence-electron chi connectivity index (χ3n) is 6.05. The molecule has 5 rings (SSSR count). The number of hydrogen-bond acceptors (Lipinski definition) is 6. The maximum absolute atomic E-state index is 13.9. The second kappa shape index (κ2) is 10.4. The molecule has 0 unspecified atom stereocenters. The van der Waals surface area contributed by atoms with E-state index in [-0.39, 0.29) is 18.0 Å². The van der Waals surface area contributed by atoms with Crippen LogP contribution in [0.3, 0.4) is 0 Å². The first-order chi connectivity index (χ1) is 17.4. The summed E-state index contributed by atoms with van der Waals surface area (Å²) in [6, 6.07) is 22.1. The first kappa shape index (κ1) is 24.5. The van der Waals surface area contributed by atoms with Crippen LogP contribution >= 0.6 is 15.9 Å². The van der Waals surface area contributed by atoms with E-state index in [0.717, 1.165) is 21.3 Å². The second-order valence-corrected chi connectivity index (χ2v) is 11.3. The summed E-state index contributed by atoms with van der Waals surface area (Å²) in [7, 11) is -2.24. The van der Waals surface area contributed by atoms with Crippen LogP contribution < -0.4 is 9.47 Å². The Bertz CT molecular complexity index is 1440. The van der Waals surface area contributed by atoms with E-state index in [4.69, 9.17) is 9.47 Å². The molecule has 1 atom stereocenters. The van der Waals surface area contributed by atoms with Crippen LogP contribution in [-0.4, -0.2) is 47.5 Å². The van der Waals surface area contributed by atoms with E-state index >= 15 is 0 Å². The van der Waals surface area contributed by atoms with Crippen LogP contribution in [0.2, 0.25) is 0 Å². The van der Waals surface area contributed by atoms with E-state index in [0.29, 0.717) is 24.4 Å². The van der Waals surface area contributed by atoms with Crippen LogP contribution in [0.4, 0.5) is 0 Å². The number of hydrogen-bond donors (Lipinski definition) is 0. The Balaban J connectivity index is 1.44. The molecule has 1 aliphatic heterocycles. The van der Waals surface area contributed by atoms with Gasteiger partial charge in [-0.25, -0.2) is 13.1 Å². The lowest BCUT2D eigenvalue weighted by atomic mass is 10.1. The molecule has 0 amide bonds. The molecule has 10 heteroatoms. The summed E-state index contributed by atoms with van der Waals surface area (Å²) in [6.45, 7) is 0.816. The lowest BCUT2D eigenvalue weighted by Gasteiger charge is -2.27. The molecular weight excluding hydrogens is 544 g/mol. The molecule has 36 heavy (non-hydrogen) atoms. The van der Waals surface area contributed by atoms with Crippen molar-refractivity contribution in [2.75, 3.05) is 13.7 Å². The Kier molecular flexibility index (Phi) is 7.08. The average molecular weight is 569 g/mol. The first-order valence-electron chi connectivity index (χ1n) is 11.4. The van der Waals surface area contributed by atoms with E-state index in [1.54, 1.807) is 36.2 Å². The summed E-state index contributed by atoms with van der Waals surface area (Å²) in [5.74, 6) is 1.12. The van der Waals surface area contributed by atoms with Crippen LogP contribution in [0.25, 0.3) is 0 Å². The highest BCUT2D eigenvalue weighted by Gasteiger charge is 2.37. The predicted molar refractivity (Wildman–Crippen MR) is 138 cm³/mol. The van der Waals surface area contributed by atoms with Gasteiger partial charge in [0.05, 0.1) is 38.1 Å². The molecule has 0 N–H and O–H groups in total. The summed E-state index contributed by atoms with van der Waals surface area (Å²) in [4.78, 5) is 0.145. The van der Waals surface area contributed by atoms with Gasteiger partial charge in [0.15, 0.2) is 0 Å². The van der Waals surface area contributed by atoms with Crippen molar-refractivity contribution in [1.29, 1.82) is 0 Å². The molecule has 2 heterocycles. The van der Waals surface area contributed by atoms with E-state index < -0.39 is 16.1 Å². The third kappa shape index (κ3) is 5.30. The fraction of sp³-hybridized carbons (Fsp3) is 0.231. The lowest BCUT2D eigenvalue weighted by Crippen LogP contribution is -2.42. The zero-order valence-electron chi connectivity index (χ0n) is 19.6. The number of methoxy groups -OCH3 is 1. The molecule has 4 aromatic rings. The van der Waals surface area contributed by atoms with E-state index in [1.807, 2.05) is 54.6 Å². The van der Waals surface area contributed by atoms with Gasteiger partial charge >= 0.3 is 0 Å². The molecule has 0 saturated carbocycles. The zero-order valence-corrected chi connectivity index (χ0v) is 22.0. The number of fused-ring (bicyclic) bond motifs is 1. The molecule has 8 nitrogen and oxygen atoms in total. The summed E-state index contributed by atoms with van der Waals surface area (Å²) in [5, 5.41) is 8.51. The third-order valence-corrected chi connectivity index (χ3v) is 8.48. The van der Waals surface area contributed by atoms with Crippen molar-refractivity contribution in [2.24, 2.45) is 0 Å². The molecule has 1 aliphatic rings. The number of benzene rings is 3. The Morgan fingerprint density at radius 2 is 1.81 bits per heavy atom. The lowest BCUT2D eigenvalue weighted by molar-refractivity contribution is 0.206. The highest BCUT2D eigenvalue weighted by Crippen LogP contribution is 2.35. The van der Waals surface area contributed by atoms with Gasteiger partial charge in [-0.15, -0.1) is 5.10 Å². The minimum atomic E-state index is -3.86. The number of rotatable bonds is 7. The maximum atomic E-state index is 13.9. The van der Waals surface area contributed by atoms with E-state index in [9.17, 15) is 8.42 Å². The Hall–Kier alpha value is -3.21. The monoisotopic (exact) mass is 568 g/mol. The van der Waals surface area contributed by atoms with E-state index in [2.05, 4.69) is 26.2 Å². The largest absolute Gasteiger partial charge is 0.497 e. The standard InChI is InChI=1S/C26H25BrN4O4S/c1-34-24-10-7-20(8-11-24)15-30-16-22(28-29-30)17-31-23(13-19-5-3-2-4-6-19)18-35-25-14-21(27)9-12-26(25)36(31,32)33/h2-12,14,16,23H,13,15,17-18H2,1H3/t23-/m0/s1. The first-order valence-corrected chi connectivity index (χ1v) is 13.7. The van der Waals surface area contributed by atoms with Gasteiger partial charge in [0.1, 0.15) is 23.0 Å². The SMILES string of the molecule is COc1ccc(Cn2cc(CN3[C@@H](Cc4ccccc4)COc4cc(Br)ccc4S3(=O)=O)nn2)cc1. The van der Waals surface area contributed by atoms with Crippen molar-refractivity contribution in [3.8, 4) is 11.5 Å². The van der Waals surface area contributed by atoms with Gasteiger partial charge in [-0.1, -0.05) is 63.6 Å². The molecule has 0 radical (unpaired) electrons. The molecule has 0 spiro atoms. The Morgan fingerprint density at radius 1 is 1.03 bits per heavy atom. The highest BCUT2D eigenvalue weighted by molar-refractivity contribution is 9.10. The fourth-order valence-corrected chi connectivity index (χ4v) is 6.26. The van der Waals surface area contributed by atoms with E-state index in [1.165, 1.54) is 4.31 Å². The number of sulfonamides is 1. The van der Waals surface area contributed by atoms with Gasteiger partial charge < -0.3 is 9.47 Å². The number of aromatic nitrogens is 3. The summed E-state index contributed by atoms with van der Waals surface area (Å²) < 4.78 is 42.9. The second-order valence-electron chi connectivity index (χ2n) is 8.55. The molecule has 0 saturated heterocycles. The van der Waals surface area contributed by atoms with Gasteiger partial charge in [-0.05, 0) is 47.9 Å². The van der Waals surface area contributed by atoms with Crippen LogP contribution in [0, 0.1) is 0 Å². The van der Waals surface area contributed by atoms with Crippen LogP contribution in [-0.2, 0) is 29.5 Å². The van der Waals surface area contributed by atoms with Gasteiger partial charge in [-0.2, -0.15) is 4.31 Å². The van der Waals surface area contributed by atoms with Gasteiger partial charge in [0, 0.05) is 4.47 Å². The molecular formula is C26H25BrN4O4S. The summed E-state index contributed by atoms with van der Waals surface area (Å²) in [5.41, 5.74) is 2.62. The van der Waals surface area contributed by atoms with Gasteiger partial charge in [-0.3, -0.25) is 0 Å². The highest BCUT2D eigenvalue weighted by atomic mass is 79.9. The number of nitrogens with zero attached hydrogens (tertiary/aromatic N) is 4. The van der Waals surface area contributed by atoms with Crippen molar-refractivity contribution < 1.29 is 17.9 Å². The maximum Gasteiger partial charge on any atom is 0.247 e. The fourth-order valence-electron chi connectivity index (χ4n) is 4.23. The van der Waals surface area contributed by atoms with Gasteiger partial charge in [0.2, 0.25) is 10.0 Å². The summed E-state index contributed by atoms with van der Waals surface area (Å²) in [6.07, 6.45) is 2.29. The van der Waals surface area contributed by atoms with Crippen LogP contribution in [0.1, 0.15) is 16.8 Å². The van der Waals surface area contributed by atoms with Crippen molar-refractivity contribution in [3.05, 3.63) is 100 Å². The molecule has 0 aliphatic carbocycles. The smallest absolute Gasteiger partial charge is 0.247 e. The van der Waals surface area contributed by atoms with Crippen molar-refractivity contribution >= 4 is 26.0 Å². The predicted octanol–water partition coefficient (Wildman–Crippen LogP) is 4.29. The minimum Gasteiger partial charge on any atom is -0.497 e. The molecule has 186 valence electrons. The van der Waals surface area contributed by atoms with Crippen LogP contribution in [0.15, 0.2) is 88.4 Å². The van der Waals surface area contributed by atoms with Crippen molar-refractivity contribution in [1.82, 2.24) is 19.3 Å². The molecule has 1 aromatic heterocycles. The number of ether oxygens (including phenoxy) is 2. The molecule has 0 bridgehead atoms. The molecule has 0 fully saturated rings. The van der Waals surface area contributed by atoms with Crippen LogP contribution in [0.5, 0.6) is 11.5 Å². The zero-order chi connectivity index (χ0) is 25.1. The summed E-state index contributed by atoms with van der Waals surface area (Å²) >= 11 is 3.41. The normalized spacial score (nSPS) is 17.1. The average Bonchev–Trinajstić information content (AvgIpc) is 3.29. The quantitative estimate of drug-likeness (QED) is 0.330. The van der Waals surface area contributed by atoms with Crippen molar-refractivity contribution in [2.45, 2.75) is 30.4 Å². The van der Waals surface area contributed by atoms with Crippen molar-refractivity contribution in [3.63, 3.8) is 0 Å². The Morgan fingerprint density at radius 3 is 2.56 bits per heavy atom.